The number of fused-ring (bicyclic) bond motifs is 1. The fourth-order valence-electron chi connectivity index (χ4n) is 4.31. The Labute approximate surface area is 185 Å². The van der Waals surface area contributed by atoms with Crippen molar-refractivity contribution >= 4 is 39.8 Å². The first kappa shape index (κ1) is 21.3. The third-order valence-corrected chi connectivity index (χ3v) is 7.24. The lowest BCUT2D eigenvalue weighted by molar-refractivity contribution is -0.146. The van der Waals surface area contributed by atoms with E-state index in [0.717, 1.165) is 41.7 Å². The van der Waals surface area contributed by atoms with Crippen LogP contribution in [0.1, 0.15) is 52.0 Å². The number of carbonyl (C=O) groups is 3. The van der Waals surface area contributed by atoms with E-state index in [1.807, 2.05) is 43.3 Å². The summed E-state index contributed by atoms with van der Waals surface area (Å²) >= 11 is 1.45. The Bertz CT molecular complexity index is 1040. The fourth-order valence-corrected chi connectivity index (χ4v) is 5.60. The highest BCUT2D eigenvalue weighted by Crippen LogP contribution is 2.39. The number of benzene rings is 1. The van der Waals surface area contributed by atoms with Gasteiger partial charge in [0.25, 0.3) is 5.91 Å². The molecule has 1 aromatic heterocycles. The van der Waals surface area contributed by atoms with E-state index in [0.29, 0.717) is 29.1 Å². The van der Waals surface area contributed by atoms with Gasteiger partial charge >= 0.3 is 5.97 Å². The Morgan fingerprint density at radius 1 is 0.968 bits per heavy atom. The third kappa shape index (κ3) is 4.56. The minimum atomic E-state index is -0.965. The summed E-state index contributed by atoms with van der Waals surface area (Å²) in [4.78, 5) is 39.0. The number of nitrogens with one attached hydrogen (secondary N) is 2. The lowest BCUT2D eigenvalue weighted by atomic mass is 9.82. The van der Waals surface area contributed by atoms with Crippen LogP contribution in [0.25, 0.3) is 0 Å². The molecule has 2 aliphatic carbocycles. The summed E-state index contributed by atoms with van der Waals surface area (Å²) < 4.78 is 0. The number of hydrogen-bond acceptors (Lipinski definition) is 4. The quantitative estimate of drug-likeness (QED) is 0.585. The average Bonchev–Trinajstić information content (AvgIpc) is 3.13. The molecule has 31 heavy (non-hydrogen) atoms. The van der Waals surface area contributed by atoms with Crippen molar-refractivity contribution in [3.05, 3.63) is 58.0 Å². The van der Waals surface area contributed by atoms with Crippen LogP contribution in [0, 0.1) is 18.8 Å². The molecule has 0 aliphatic heterocycles. The highest BCUT2D eigenvalue weighted by atomic mass is 32.1. The van der Waals surface area contributed by atoms with Crippen molar-refractivity contribution in [2.24, 2.45) is 11.8 Å². The highest BCUT2D eigenvalue weighted by molar-refractivity contribution is 7.17. The smallest absolute Gasteiger partial charge is 0.307 e. The second-order valence-electron chi connectivity index (χ2n) is 8.22. The summed E-state index contributed by atoms with van der Waals surface area (Å²) in [6.45, 7) is 1.99. The predicted octanol–water partition coefficient (Wildman–Crippen LogP) is 4.79. The van der Waals surface area contributed by atoms with Crippen LogP contribution in [0.3, 0.4) is 0 Å². The van der Waals surface area contributed by atoms with Gasteiger partial charge in [0.2, 0.25) is 5.91 Å². The van der Waals surface area contributed by atoms with Gasteiger partial charge in [-0.25, -0.2) is 0 Å². The predicted molar refractivity (Wildman–Crippen MR) is 122 cm³/mol. The van der Waals surface area contributed by atoms with E-state index in [2.05, 4.69) is 10.6 Å². The number of rotatable bonds is 5. The van der Waals surface area contributed by atoms with Gasteiger partial charge in [0.1, 0.15) is 5.00 Å². The zero-order chi connectivity index (χ0) is 22.0. The minimum Gasteiger partial charge on any atom is -0.481 e. The number of allylic oxidation sites excluding steroid dienone is 2. The number of carboxylic acids is 1. The molecule has 0 bridgehead atoms. The molecule has 2 aliphatic rings. The summed E-state index contributed by atoms with van der Waals surface area (Å²) in [5.74, 6) is -2.93. The van der Waals surface area contributed by atoms with E-state index in [1.165, 1.54) is 11.3 Å². The molecule has 0 saturated carbocycles. The number of carbonyl (C=O) groups excluding carboxylic acids is 2. The van der Waals surface area contributed by atoms with E-state index in [4.69, 9.17) is 0 Å². The van der Waals surface area contributed by atoms with Crippen molar-refractivity contribution in [1.82, 2.24) is 0 Å². The molecule has 0 saturated heterocycles. The first-order chi connectivity index (χ1) is 14.9. The number of amides is 2. The van der Waals surface area contributed by atoms with Crippen LogP contribution in [0.15, 0.2) is 36.4 Å². The first-order valence-electron chi connectivity index (χ1n) is 10.6. The van der Waals surface area contributed by atoms with Crippen molar-refractivity contribution in [3.63, 3.8) is 0 Å². The number of thiophene rings is 1. The molecule has 0 spiro atoms. The fraction of sp³-hybridized carbons (Fsp3) is 0.375. The summed E-state index contributed by atoms with van der Waals surface area (Å²) in [6.07, 6.45) is 8.17. The number of anilines is 2. The van der Waals surface area contributed by atoms with Gasteiger partial charge < -0.3 is 15.7 Å². The summed E-state index contributed by atoms with van der Waals surface area (Å²) in [6, 6.07) is 7.58. The molecule has 0 unspecified atom stereocenters. The van der Waals surface area contributed by atoms with E-state index < -0.39 is 17.8 Å². The lowest BCUT2D eigenvalue weighted by Crippen LogP contribution is -2.35. The van der Waals surface area contributed by atoms with Crippen LogP contribution in [-0.2, 0) is 22.4 Å². The standard InChI is InChI=1S/C24H26N2O4S/c1-14-10-12-15(13-11-14)25-22(28)20-18-8-4-5-9-19(18)31-23(20)26-21(27)16-6-2-3-7-17(16)24(29)30/h2-3,10-13,16-17H,4-9H2,1H3,(H,25,28)(H,26,27)(H,29,30)/t16-,17+/m1/s1. The third-order valence-electron chi connectivity index (χ3n) is 6.03. The molecule has 0 radical (unpaired) electrons. The van der Waals surface area contributed by atoms with Crippen LogP contribution in [-0.4, -0.2) is 22.9 Å². The largest absolute Gasteiger partial charge is 0.481 e. The van der Waals surface area contributed by atoms with E-state index in [9.17, 15) is 19.5 Å². The SMILES string of the molecule is Cc1ccc(NC(=O)c2c(NC(=O)[C@@H]3CC=CC[C@@H]3C(=O)O)sc3c2CCCC3)cc1. The Hall–Kier alpha value is -2.93. The van der Waals surface area contributed by atoms with Crippen LogP contribution in [0.4, 0.5) is 10.7 Å². The van der Waals surface area contributed by atoms with E-state index >= 15 is 0 Å². The number of hydrogen-bond donors (Lipinski definition) is 3. The molecular formula is C24H26N2O4S. The molecule has 162 valence electrons. The summed E-state index contributed by atoms with van der Waals surface area (Å²) in [5, 5.41) is 15.9. The monoisotopic (exact) mass is 438 g/mol. The van der Waals surface area contributed by atoms with Crippen molar-refractivity contribution in [2.45, 2.75) is 45.4 Å². The normalized spacial score (nSPS) is 20.0. The van der Waals surface area contributed by atoms with Gasteiger partial charge in [0.05, 0.1) is 17.4 Å². The van der Waals surface area contributed by atoms with Gasteiger partial charge in [0.15, 0.2) is 0 Å². The van der Waals surface area contributed by atoms with Crippen molar-refractivity contribution in [3.8, 4) is 0 Å². The molecule has 2 aromatic rings. The van der Waals surface area contributed by atoms with Gasteiger partial charge in [-0.05, 0) is 63.1 Å². The zero-order valence-electron chi connectivity index (χ0n) is 17.4. The minimum absolute atomic E-state index is 0.239. The molecule has 1 aromatic carbocycles. The van der Waals surface area contributed by atoms with Crippen molar-refractivity contribution in [2.75, 3.05) is 10.6 Å². The molecule has 2 amide bonds. The number of aliphatic carboxylic acids is 1. The Morgan fingerprint density at radius 2 is 1.65 bits per heavy atom. The second-order valence-corrected chi connectivity index (χ2v) is 9.32. The Balaban J connectivity index is 1.61. The molecule has 2 atom stereocenters. The molecule has 3 N–H and O–H groups in total. The maximum absolute atomic E-state index is 13.2. The molecule has 0 fully saturated rings. The zero-order valence-corrected chi connectivity index (χ0v) is 18.3. The highest BCUT2D eigenvalue weighted by Gasteiger charge is 2.35. The van der Waals surface area contributed by atoms with Gasteiger partial charge in [-0.2, -0.15) is 0 Å². The first-order valence-corrected chi connectivity index (χ1v) is 11.5. The molecule has 6 nitrogen and oxygen atoms in total. The van der Waals surface area contributed by atoms with Gasteiger partial charge in [-0.15, -0.1) is 11.3 Å². The number of carboxylic acid groups (broad SMARTS) is 1. The Morgan fingerprint density at radius 3 is 2.35 bits per heavy atom. The molecule has 7 heteroatoms. The molecule has 1 heterocycles. The van der Waals surface area contributed by atoms with Crippen LogP contribution in [0.2, 0.25) is 0 Å². The molecule has 4 rings (SSSR count). The van der Waals surface area contributed by atoms with Crippen molar-refractivity contribution in [1.29, 1.82) is 0 Å². The molecular weight excluding hydrogens is 412 g/mol. The van der Waals surface area contributed by atoms with E-state index in [1.54, 1.807) is 0 Å². The lowest BCUT2D eigenvalue weighted by Gasteiger charge is -2.24. The van der Waals surface area contributed by atoms with Crippen molar-refractivity contribution < 1.29 is 19.5 Å². The van der Waals surface area contributed by atoms with Gasteiger partial charge in [0, 0.05) is 10.6 Å². The number of aryl methyl sites for hydroxylation is 2. The van der Waals surface area contributed by atoms with Crippen LogP contribution in [0.5, 0.6) is 0 Å². The van der Waals surface area contributed by atoms with Gasteiger partial charge in [-0.3, -0.25) is 14.4 Å². The maximum Gasteiger partial charge on any atom is 0.307 e. The average molecular weight is 439 g/mol. The van der Waals surface area contributed by atoms with Crippen LogP contribution < -0.4 is 10.6 Å². The van der Waals surface area contributed by atoms with Gasteiger partial charge in [-0.1, -0.05) is 29.8 Å². The maximum atomic E-state index is 13.2. The summed E-state index contributed by atoms with van der Waals surface area (Å²) in [5.41, 5.74) is 3.33. The van der Waals surface area contributed by atoms with E-state index in [-0.39, 0.29) is 11.8 Å². The second kappa shape index (κ2) is 9.06. The summed E-state index contributed by atoms with van der Waals surface area (Å²) in [7, 11) is 0. The topological polar surface area (TPSA) is 95.5 Å². The van der Waals surface area contributed by atoms with Crippen LogP contribution >= 0.6 is 11.3 Å². The Kier molecular flexibility index (Phi) is 6.23.